The van der Waals surface area contributed by atoms with Crippen LogP contribution >= 0.6 is 0 Å². The Kier molecular flexibility index (Phi) is 7.40. The largest absolute Gasteiger partial charge is 0.459 e. The molecule has 0 N–H and O–H groups in total. The summed E-state index contributed by atoms with van der Waals surface area (Å²) < 4.78 is 18.0. The molecule has 1 aromatic heterocycles. The summed E-state index contributed by atoms with van der Waals surface area (Å²) in [5.41, 5.74) is 3.35. The van der Waals surface area contributed by atoms with E-state index in [-0.39, 0.29) is 0 Å². The van der Waals surface area contributed by atoms with E-state index in [4.69, 9.17) is 4.74 Å². The van der Waals surface area contributed by atoms with E-state index in [9.17, 15) is 4.39 Å². The zero-order valence-electron chi connectivity index (χ0n) is 14.2. The van der Waals surface area contributed by atoms with Gasteiger partial charge in [-0.25, -0.2) is 14.4 Å². The minimum atomic E-state index is -0.680. The van der Waals surface area contributed by atoms with E-state index in [0.717, 1.165) is 36.8 Å². The topological polar surface area (TPSA) is 35.0 Å². The van der Waals surface area contributed by atoms with Crippen molar-refractivity contribution in [3.63, 3.8) is 0 Å². The van der Waals surface area contributed by atoms with Crippen LogP contribution in [0.1, 0.15) is 38.2 Å². The highest BCUT2D eigenvalue weighted by Gasteiger charge is 2.02. The van der Waals surface area contributed by atoms with Crippen molar-refractivity contribution in [2.45, 2.75) is 45.2 Å². The van der Waals surface area contributed by atoms with E-state index >= 15 is 0 Å². The summed E-state index contributed by atoms with van der Waals surface area (Å²) in [6, 6.07) is 8.80. The molecule has 0 aliphatic rings. The molecule has 0 amide bonds. The third-order valence-corrected chi connectivity index (χ3v) is 3.81. The maximum atomic E-state index is 12.7. The minimum Gasteiger partial charge on any atom is -0.459 e. The summed E-state index contributed by atoms with van der Waals surface area (Å²) in [4.78, 5) is 8.37. The van der Waals surface area contributed by atoms with Gasteiger partial charge in [-0.1, -0.05) is 49.8 Å². The molecule has 128 valence electrons. The molecular weight excluding hydrogens is 303 g/mol. The Morgan fingerprint density at radius 3 is 2.42 bits per heavy atom. The molecule has 1 aromatic carbocycles. The van der Waals surface area contributed by atoms with Gasteiger partial charge in [0.25, 0.3) is 0 Å². The fraction of sp³-hybridized carbons (Fsp3) is 0.400. The first kappa shape index (κ1) is 18.1. The Labute approximate surface area is 143 Å². The van der Waals surface area contributed by atoms with E-state index < -0.39 is 6.17 Å². The number of rotatable bonds is 10. The lowest BCUT2D eigenvalue weighted by Gasteiger charge is -2.06. The van der Waals surface area contributed by atoms with Gasteiger partial charge in [-0.05, 0) is 37.3 Å². The molecule has 2 aromatic rings. The molecule has 0 aliphatic carbocycles. The van der Waals surface area contributed by atoms with Crippen LogP contribution in [0.3, 0.4) is 0 Å². The highest BCUT2D eigenvalue weighted by Crippen LogP contribution is 2.20. The van der Waals surface area contributed by atoms with E-state index in [1.807, 2.05) is 0 Å². The first-order valence-electron chi connectivity index (χ1n) is 8.48. The second-order valence-corrected chi connectivity index (χ2v) is 5.93. The lowest BCUT2D eigenvalue weighted by molar-refractivity contribution is 0.330. The van der Waals surface area contributed by atoms with Crippen molar-refractivity contribution >= 4 is 0 Å². The van der Waals surface area contributed by atoms with Crippen LogP contribution < -0.4 is 4.74 Å². The van der Waals surface area contributed by atoms with Gasteiger partial charge in [0.05, 0.1) is 6.17 Å². The van der Waals surface area contributed by atoms with Crippen molar-refractivity contribution in [1.29, 1.82) is 0 Å². The van der Waals surface area contributed by atoms with Crippen molar-refractivity contribution in [3.05, 3.63) is 54.9 Å². The molecule has 0 fully saturated rings. The van der Waals surface area contributed by atoms with Gasteiger partial charge in [-0.15, -0.1) is 0 Å². The fourth-order valence-corrected chi connectivity index (χ4v) is 2.47. The summed E-state index contributed by atoms with van der Waals surface area (Å²) >= 11 is 0. The standard InChI is InChI=1S/C20H25FN2O/c1-3-13-24-20-22-14-19(15-23-20)18-11-9-17(10-12-18)8-6-4-5-7-16(2)21/h3,9-12,14-16H,1,4-8,13H2,2H3. The summed E-state index contributed by atoms with van der Waals surface area (Å²) in [7, 11) is 0. The van der Waals surface area contributed by atoms with Crippen molar-refractivity contribution < 1.29 is 9.13 Å². The molecule has 0 saturated carbocycles. The van der Waals surface area contributed by atoms with Gasteiger partial charge in [-0.3, -0.25) is 0 Å². The molecular formula is C20H25FN2O. The van der Waals surface area contributed by atoms with Crippen LogP contribution in [0.2, 0.25) is 0 Å². The smallest absolute Gasteiger partial charge is 0.316 e. The molecule has 0 bridgehead atoms. The van der Waals surface area contributed by atoms with Crippen molar-refractivity contribution in [3.8, 4) is 17.1 Å². The Morgan fingerprint density at radius 1 is 1.08 bits per heavy atom. The molecule has 0 radical (unpaired) electrons. The number of hydrogen-bond donors (Lipinski definition) is 0. The molecule has 1 unspecified atom stereocenters. The number of hydrogen-bond acceptors (Lipinski definition) is 3. The summed E-state index contributed by atoms with van der Waals surface area (Å²) in [6.45, 7) is 5.62. The van der Waals surface area contributed by atoms with Gasteiger partial charge in [-0.2, -0.15) is 0 Å². The second kappa shape index (κ2) is 9.81. The highest BCUT2D eigenvalue weighted by atomic mass is 19.1. The third kappa shape index (κ3) is 6.11. The lowest BCUT2D eigenvalue weighted by Crippen LogP contribution is -1.97. The Morgan fingerprint density at radius 2 is 1.79 bits per heavy atom. The molecule has 24 heavy (non-hydrogen) atoms. The first-order valence-corrected chi connectivity index (χ1v) is 8.48. The Bertz CT molecular complexity index is 609. The normalized spacial score (nSPS) is 11.9. The van der Waals surface area contributed by atoms with Gasteiger partial charge < -0.3 is 4.74 Å². The van der Waals surface area contributed by atoms with Crippen LogP contribution in [0, 0.1) is 0 Å². The van der Waals surface area contributed by atoms with Crippen molar-refractivity contribution in [2.75, 3.05) is 6.61 Å². The van der Waals surface area contributed by atoms with Crippen LogP contribution in [0.15, 0.2) is 49.3 Å². The molecule has 0 spiro atoms. The molecule has 0 saturated heterocycles. The number of unbranched alkanes of at least 4 members (excludes halogenated alkanes) is 2. The number of alkyl halides is 1. The summed E-state index contributed by atoms with van der Waals surface area (Å²) in [6.07, 6.45) is 9.36. The maximum absolute atomic E-state index is 12.7. The highest BCUT2D eigenvalue weighted by molar-refractivity contribution is 5.61. The Hall–Kier alpha value is -2.23. The van der Waals surface area contributed by atoms with Gasteiger partial charge in [0, 0.05) is 18.0 Å². The van der Waals surface area contributed by atoms with Gasteiger partial charge in [0.15, 0.2) is 0 Å². The monoisotopic (exact) mass is 328 g/mol. The van der Waals surface area contributed by atoms with Crippen LogP contribution in [0.4, 0.5) is 4.39 Å². The molecule has 2 rings (SSSR count). The van der Waals surface area contributed by atoms with Gasteiger partial charge in [0.2, 0.25) is 0 Å². The number of ether oxygens (including phenoxy) is 1. The predicted octanol–water partition coefficient (Wildman–Crippen LogP) is 5.17. The van der Waals surface area contributed by atoms with Crippen molar-refractivity contribution in [2.24, 2.45) is 0 Å². The number of nitrogens with zero attached hydrogens (tertiary/aromatic N) is 2. The van der Waals surface area contributed by atoms with E-state index in [1.54, 1.807) is 25.4 Å². The van der Waals surface area contributed by atoms with E-state index in [0.29, 0.717) is 19.0 Å². The lowest BCUT2D eigenvalue weighted by atomic mass is 10.0. The molecule has 4 heteroatoms. The van der Waals surface area contributed by atoms with Crippen molar-refractivity contribution in [1.82, 2.24) is 9.97 Å². The average Bonchev–Trinajstić information content (AvgIpc) is 2.60. The first-order chi connectivity index (χ1) is 11.7. The number of aromatic nitrogens is 2. The van der Waals surface area contributed by atoms with Gasteiger partial charge in [0.1, 0.15) is 6.61 Å². The quantitative estimate of drug-likeness (QED) is 0.446. The predicted molar refractivity (Wildman–Crippen MR) is 95.9 cm³/mol. The Balaban J connectivity index is 1.83. The molecule has 1 atom stereocenters. The van der Waals surface area contributed by atoms with E-state index in [1.165, 1.54) is 5.56 Å². The zero-order valence-corrected chi connectivity index (χ0v) is 14.2. The zero-order chi connectivity index (χ0) is 17.2. The maximum Gasteiger partial charge on any atom is 0.316 e. The SMILES string of the molecule is C=CCOc1ncc(-c2ccc(CCCCCC(C)F)cc2)cn1. The number of benzene rings is 1. The summed E-state index contributed by atoms with van der Waals surface area (Å²) in [5, 5.41) is 0. The van der Waals surface area contributed by atoms with Gasteiger partial charge >= 0.3 is 6.01 Å². The number of aryl methyl sites for hydroxylation is 1. The molecule has 3 nitrogen and oxygen atoms in total. The minimum absolute atomic E-state index is 0.359. The molecule has 1 heterocycles. The van der Waals surface area contributed by atoms with E-state index in [2.05, 4.69) is 40.8 Å². The third-order valence-electron chi connectivity index (χ3n) is 3.81. The average molecular weight is 328 g/mol. The van der Waals surface area contributed by atoms with Crippen LogP contribution in [-0.4, -0.2) is 22.7 Å². The summed E-state index contributed by atoms with van der Waals surface area (Å²) in [5.74, 6) is 0. The van der Waals surface area contributed by atoms with Crippen LogP contribution in [0.25, 0.3) is 11.1 Å². The van der Waals surface area contributed by atoms with Crippen LogP contribution in [-0.2, 0) is 6.42 Å². The number of halogens is 1. The second-order valence-electron chi connectivity index (χ2n) is 5.93. The van der Waals surface area contributed by atoms with Crippen LogP contribution in [0.5, 0.6) is 6.01 Å². The fourth-order valence-electron chi connectivity index (χ4n) is 2.47. The molecule has 0 aliphatic heterocycles.